The minimum atomic E-state index is -0.958. The Morgan fingerprint density at radius 1 is 0.853 bits per heavy atom. The van der Waals surface area contributed by atoms with Crippen LogP contribution in [0.3, 0.4) is 0 Å². The van der Waals surface area contributed by atoms with Gasteiger partial charge in [-0.25, -0.2) is 9.96 Å². The predicted molar refractivity (Wildman–Crippen MR) is 132 cm³/mol. The fourth-order valence-electron chi connectivity index (χ4n) is 5.06. The summed E-state index contributed by atoms with van der Waals surface area (Å²) < 4.78 is 0. The van der Waals surface area contributed by atoms with E-state index in [4.69, 9.17) is 28.0 Å². The van der Waals surface area contributed by atoms with Crippen molar-refractivity contribution >= 4 is 57.3 Å². The van der Waals surface area contributed by atoms with E-state index in [2.05, 4.69) is 4.98 Å². The van der Waals surface area contributed by atoms with Crippen LogP contribution in [-0.4, -0.2) is 22.9 Å². The van der Waals surface area contributed by atoms with Crippen LogP contribution in [0.1, 0.15) is 17.3 Å². The average molecular weight is 492 g/mol. The van der Waals surface area contributed by atoms with Crippen molar-refractivity contribution in [2.45, 2.75) is 19.1 Å². The maximum absolute atomic E-state index is 13.8. The van der Waals surface area contributed by atoms with Crippen molar-refractivity contribution in [3.8, 4) is 0 Å². The summed E-state index contributed by atoms with van der Waals surface area (Å²) in [7, 11) is 0. The van der Waals surface area contributed by atoms with Crippen molar-refractivity contribution in [2.24, 2.45) is 5.92 Å². The number of H-pyrrole nitrogens is 1. The van der Waals surface area contributed by atoms with Gasteiger partial charge in [-0.2, -0.15) is 0 Å². The van der Waals surface area contributed by atoms with Crippen molar-refractivity contribution in [1.29, 1.82) is 0 Å². The first-order valence-electron chi connectivity index (χ1n) is 10.9. The molecule has 2 aliphatic rings. The van der Waals surface area contributed by atoms with Crippen LogP contribution in [0.4, 0.5) is 11.4 Å². The van der Waals surface area contributed by atoms with Crippen LogP contribution in [0.5, 0.6) is 0 Å². The summed E-state index contributed by atoms with van der Waals surface area (Å²) in [6.07, 6.45) is -0.958. The van der Waals surface area contributed by atoms with Gasteiger partial charge in [0.25, 0.3) is 5.91 Å². The van der Waals surface area contributed by atoms with Crippen molar-refractivity contribution < 1.29 is 14.4 Å². The molecule has 0 radical (unpaired) electrons. The highest BCUT2D eigenvalue weighted by atomic mass is 35.5. The number of nitrogens with one attached hydrogen (secondary N) is 1. The molecule has 0 spiro atoms. The molecule has 2 saturated heterocycles. The minimum absolute atomic E-state index is 0.271. The number of rotatable bonds is 3. The Kier molecular flexibility index (Phi) is 4.92. The number of anilines is 2. The highest BCUT2D eigenvalue weighted by Crippen LogP contribution is 2.50. The van der Waals surface area contributed by atoms with Crippen molar-refractivity contribution in [1.82, 2.24) is 4.98 Å². The number of halogens is 2. The van der Waals surface area contributed by atoms with Crippen LogP contribution in [0, 0.1) is 12.8 Å². The number of hydrogen-bond acceptors (Lipinski definition) is 4. The molecule has 3 atom stereocenters. The second-order valence-electron chi connectivity index (χ2n) is 8.48. The molecule has 8 heteroatoms. The largest absolute Gasteiger partial charge is 0.358 e. The molecule has 2 amide bonds. The lowest BCUT2D eigenvalue weighted by molar-refractivity contribution is -0.126. The first-order chi connectivity index (χ1) is 16.5. The van der Waals surface area contributed by atoms with E-state index < -0.39 is 24.0 Å². The third-order valence-corrected chi connectivity index (χ3v) is 7.27. The van der Waals surface area contributed by atoms with Crippen LogP contribution in [-0.2, 0) is 14.4 Å². The van der Waals surface area contributed by atoms with Gasteiger partial charge in [0.2, 0.25) is 5.91 Å². The number of aryl methyl sites for hydroxylation is 1. The lowest BCUT2D eigenvalue weighted by Crippen LogP contribution is -2.37. The van der Waals surface area contributed by atoms with Gasteiger partial charge < -0.3 is 4.98 Å². The Morgan fingerprint density at radius 3 is 2.35 bits per heavy atom. The van der Waals surface area contributed by atoms with Crippen LogP contribution in [0.2, 0.25) is 10.0 Å². The molecule has 3 aromatic carbocycles. The quantitative estimate of drug-likeness (QED) is 0.366. The number of hydrogen-bond donors (Lipinski definition) is 1. The van der Waals surface area contributed by atoms with E-state index in [-0.39, 0.29) is 10.9 Å². The number of hydroxylamine groups is 1. The van der Waals surface area contributed by atoms with Crippen LogP contribution < -0.4 is 9.96 Å². The van der Waals surface area contributed by atoms with Crippen LogP contribution >= 0.6 is 23.2 Å². The molecule has 0 aliphatic carbocycles. The maximum Gasteiger partial charge on any atom is 0.266 e. The van der Waals surface area contributed by atoms with E-state index in [0.717, 1.165) is 32.7 Å². The highest BCUT2D eigenvalue weighted by Gasteiger charge is 2.61. The van der Waals surface area contributed by atoms with E-state index in [1.807, 2.05) is 61.5 Å². The third-order valence-electron chi connectivity index (χ3n) is 6.53. The molecule has 4 aromatic rings. The Bertz CT molecular complexity index is 1450. The summed E-state index contributed by atoms with van der Waals surface area (Å²) in [5, 5.41) is 3.32. The van der Waals surface area contributed by atoms with Gasteiger partial charge in [0, 0.05) is 22.2 Å². The fraction of sp³-hybridized carbons (Fsp3) is 0.154. The van der Waals surface area contributed by atoms with Gasteiger partial charge in [-0.15, -0.1) is 0 Å². The Labute approximate surface area is 205 Å². The minimum Gasteiger partial charge on any atom is -0.358 e. The number of carbonyl (C=O) groups excluding carboxylic acids is 2. The van der Waals surface area contributed by atoms with E-state index in [1.54, 1.807) is 17.2 Å². The average Bonchev–Trinajstić information content (AvgIpc) is 3.45. The molecule has 1 aromatic heterocycles. The Hall–Kier alpha value is -3.32. The zero-order valence-corrected chi connectivity index (χ0v) is 19.5. The summed E-state index contributed by atoms with van der Waals surface area (Å²) in [6, 6.07) is 21.7. The van der Waals surface area contributed by atoms with Crippen molar-refractivity contribution in [2.75, 3.05) is 9.96 Å². The van der Waals surface area contributed by atoms with Gasteiger partial charge in [-0.1, -0.05) is 59.6 Å². The third kappa shape index (κ3) is 3.06. The number of imide groups is 1. The molecule has 0 bridgehead atoms. The Morgan fingerprint density at radius 2 is 1.59 bits per heavy atom. The van der Waals surface area contributed by atoms with Crippen molar-refractivity contribution in [3.05, 3.63) is 94.1 Å². The van der Waals surface area contributed by atoms with Gasteiger partial charge >= 0.3 is 0 Å². The summed E-state index contributed by atoms with van der Waals surface area (Å²) in [6.45, 7) is 1.98. The number of amides is 2. The number of nitrogens with zero attached hydrogens (tertiary/aromatic N) is 2. The zero-order chi connectivity index (χ0) is 23.6. The number of benzene rings is 3. The summed E-state index contributed by atoms with van der Waals surface area (Å²) in [5.41, 5.74) is 3.97. The van der Waals surface area contributed by atoms with E-state index in [1.165, 1.54) is 6.07 Å². The number of aromatic nitrogens is 1. The molecular weight excluding hydrogens is 473 g/mol. The monoisotopic (exact) mass is 491 g/mol. The molecule has 6 nitrogen and oxygen atoms in total. The molecule has 0 saturated carbocycles. The summed E-state index contributed by atoms with van der Waals surface area (Å²) >= 11 is 12.2. The summed E-state index contributed by atoms with van der Waals surface area (Å²) in [5.74, 6) is -1.49. The van der Waals surface area contributed by atoms with Crippen LogP contribution in [0.15, 0.2) is 72.8 Å². The Balaban J connectivity index is 1.51. The maximum atomic E-state index is 13.8. The smallest absolute Gasteiger partial charge is 0.266 e. The molecule has 0 unspecified atom stereocenters. The molecule has 34 heavy (non-hydrogen) atoms. The van der Waals surface area contributed by atoms with Gasteiger partial charge in [-0.05, 0) is 43.3 Å². The van der Waals surface area contributed by atoms with E-state index in [0.29, 0.717) is 10.7 Å². The van der Waals surface area contributed by atoms with Gasteiger partial charge in [0.05, 0.1) is 27.5 Å². The highest BCUT2D eigenvalue weighted by molar-refractivity contribution is 6.42. The first-order valence-corrected chi connectivity index (χ1v) is 11.6. The molecule has 3 heterocycles. The molecule has 2 fully saturated rings. The SMILES string of the molecule is Cc1[nH]c2ccccc2c1[C@@H]1[C@H]2C(=O)N(c3ccc(Cl)c(Cl)c3)C(=O)[C@H]2ON1c1ccccc1. The van der Waals surface area contributed by atoms with Gasteiger partial charge in [0.1, 0.15) is 5.92 Å². The van der Waals surface area contributed by atoms with Gasteiger partial charge in [0.15, 0.2) is 6.10 Å². The van der Waals surface area contributed by atoms with Gasteiger partial charge in [-0.3, -0.25) is 14.4 Å². The number of aromatic amines is 1. The van der Waals surface area contributed by atoms with Crippen molar-refractivity contribution in [3.63, 3.8) is 0 Å². The lowest BCUT2D eigenvalue weighted by Gasteiger charge is -2.29. The molecular formula is C26H19Cl2N3O3. The molecule has 2 aliphatic heterocycles. The predicted octanol–water partition coefficient (Wildman–Crippen LogP) is 5.83. The molecule has 1 N–H and O–H groups in total. The topological polar surface area (TPSA) is 65.6 Å². The number of carbonyl (C=O) groups is 2. The lowest BCUT2D eigenvalue weighted by atomic mass is 9.89. The van der Waals surface area contributed by atoms with E-state index in [9.17, 15) is 9.59 Å². The standard InChI is InChI=1S/C26H19Cl2N3O3/c1-14-21(17-9-5-6-10-20(17)29-14)23-22-24(34-31(23)15-7-3-2-4-8-15)26(33)30(25(22)32)16-11-12-18(27)19(28)13-16/h2-13,22-24,29H,1H3/t22-,23-,24+/m1/s1. The zero-order valence-electron chi connectivity index (χ0n) is 18.0. The first kappa shape index (κ1) is 21.2. The second kappa shape index (κ2) is 7.87. The van der Waals surface area contributed by atoms with E-state index >= 15 is 0 Å². The molecule has 6 rings (SSSR count). The number of para-hydroxylation sites is 2. The van der Waals surface area contributed by atoms with Crippen LogP contribution in [0.25, 0.3) is 10.9 Å². The normalized spacial score (nSPS) is 22.1. The number of fused-ring (bicyclic) bond motifs is 2. The fourth-order valence-corrected chi connectivity index (χ4v) is 5.36. The molecule has 170 valence electrons. The summed E-state index contributed by atoms with van der Waals surface area (Å²) in [4.78, 5) is 38.2. The second-order valence-corrected chi connectivity index (χ2v) is 9.29.